The van der Waals surface area contributed by atoms with Crippen LogP contribution in [0.2, 0.25) is 0 Å². The molecule has 0 saturated carbocycles. The van der Waals surface area contributed by atoms with Crippen LogP contribution in [0.1, 0.15) is 48.0 Å². The summed E-state index contributed by atoms with van der Waals surface area (Å²) in [6.45, 7) is 1.70. The van der Waals surface area contributed by atoms with Gasteiger partial charge >= 0.3 is 0 Å². The van der Waals surface area contributed by atoms with E-state index in [1.165, 1.54) is 24.3 Å². The van der Waals surface area contributed by atoms with Crippen molar-refractivity contribution in [3.63, 3.8) is 0 Å². The van der Waals surface area contributed by atoms with Crippen LogP contribution in [0.5, 0.6) is 0 Å². The number of carbonyl (C=O) groups is 2. The van der Waals surface area contributed by atoms with E-state index in [4.69, 9.17) is 0 Å². The highest BCUT2D eigenvalue weighted by molar-refractivity contribution is 9.10. The van der Waals surface area contributed by atoms with Gasteiger partial charge in [-0.1, -0.05) is 6.07 Å². The monoisotopic (exact) mass is 615 g/mol. The van der Waals surface area contributed by atoms with Crippen LogP contribution in [0.25, 0.3) is 0 Å². The van der Waals surface area contributed by atoms with Gasteiger partial charge in [0.05, 0.1) is 19.8 Å². The third-order valence-corrected chi connectivity index (χ3v) is 8.03. The number of benzene rings is 2. The van der Waals surface area contributed by atoms with Gasteiger partial charge in [-0.25, -0.2) is 17.2 Å². The Hall–Kier alpha value is -2.17. The number of ketones is 1. The fourth-order valence-electron chi connectivity index (χ4n) is 4.05. The van der Waals surface area contributed by atoms with Crippen molar-refractivity contribution in [3.8, 4) is 0 Å². The molecule has 0 fully saturated rings. The molecule has 0 aromatic heterocycles. The number of halogens is 4. The maximum atomic E-state index is 13.6. The highest BCUT2D eigenvalue weighted by atomic mass is 79.9. The smallest absolute Gasteiger partial charge is 0.174 e. The van der Waals surface area contributed by atoms with E-state index in [1.807, 2.05) is 0 Å². The van der Waals surface area contributed by atoms with Gasteiger partial charge in [0.1, 0.15) is 17.9 Å². The second-order valence-electron chi connectivity index (χ2n) is 7.95. The molecule has 1 aliphatic heterocycles. The molecule has 0 spiro atoms. The van der Waals surface area contributed by atoms with E-state index in [0.717, 1.165) is 18.4 Å². The summed E-state index contributed by atoms with van der Waals surface area (Å²) in [5, 5.41) is 3.10. The van der Waals surface area contributed by atoms with E-state index in [9.17, 15) is 26.8 Å². The number of aldehydes is 1. The van der Waals surface area contributed by atoms with Crippen LogP contribution in [-0.4, -0.2) is 26.7 Å². The van der Waals surface area contributed by atoms with E-state index in [1.54, 1.807) is 19.1 Å². The van der Waals surface area contributed by atoms with Crippen LogP contribution < -0.4 is 5.32 Å². The van der Waals surface area contributed by atoms with Crippen molar-refractivity contribution in [2.75, 3.05) is 6.26 Å². The van der Waals surface area contributed by atoms with Gasteiger partial charge in [-0.05, 0) is 87.5 Å². The number of hydrogen-bond donors (Lipinski definition) is 1. The lowest BCUT2D eigenvalue weighted by molar-refractivity contribution is -0.116. The van der Waals surface area contributed by atoms with Crippen molar-refractivity contribution in [3.05, 3.63) is 90.0 Å². The molecule has 1 atom stereocenters. The van der Waals surface area contributed by atoms with Crippen molar-refractivity contribution in [1.82, 2.24) is 5.32 Å². The summed E-state index contributed by atoms with van der Waals surface area (Å²) >= 11 is 6.10. The van der Waals surface area contributed by atoms with Crippen molar-refractivity contribution in [2.45, 2.75) is 32.1 Å². The Morgan fingerprint density at radius 1 is 1.03 bits per heavy atom. The molecule has 0 amide bonds. The van der Waals surface area contributed by atoms with Gasteiger partial charge in [0.15, 0.2) is 15.6 Å². The number of sulfone groups is 1. The van der Waals surface area contributed by atoms with Crippen LogP contribution in [0.4, 0.5) is 8.78 Å². The molecular weight excluding hydrogens is 596 g/mol. The number of hydrogen-bond acceptors (Lipinski definition) is 5. The minimum atomic E-state index is -3.55. The van der Waals surface area contributed by atoms with Crippen LogP contribution in [0.3, 0.4) is 0 Å². The van der Waals surface area contributed by atoms with Crippen LogP contribution >= 0.6 is 31.9 Å². The van der Waals surface area contributed by atoms with E-state index < -0.39 is 21.6 Å². The number of carbonyl (C=O) groups excluding carboxylic acids is 2. The van der Waals surface area contributed by atoms with Crippen LogP contribution in [0.15, 0.2) is 67.2 Å². The molecule has 2 aromatic carbocycles. The van der Waals surface area contributed by atoms with E-state index in [-0.39, 0.29) is 21.0 Å². The predicted octanol–water partition coefficient (Wildman–Crippen LogP) is 5.96. The van der Waals surface area contributed by atoms with Gasteiger partial charge in [0, 0.05) is 35.2 Å². The molecule has 4 rings (SSSR count). The molecule has 0 saturated heterocycles. The third kappa shape index (κ3) is 5.72. The summed E-state index contributed by atoms with van der Waals surface area (Å²) in [6.07, 6.45) is 3.65. The Labute approximate surface area is 213 Å². The number of dihydropyridines is 1. The average Bonchev–Trinajstić information content (AvgIpc) is 2.76. The molecule has 0 radical (unpaired) electrons. The van der Waals surface area contributed by atoms with Gasteiger partial charge in [0.2, 0.25) is 0 Å². The summed E-state index contributed by atoms with van der Waals surface area (Å²) in [7, 11) is -3.55. The van der Waals surface area contributed by atoms with E-state index in [2.05, 4.69) is 37.2 Å². The molecule has 1 aliphatic carbocycles. The van der Waals surface area contributed by atoms with Crippen molar-refractivity contribution in [2.24, 2.45) is 0 Å². The van der Waals surface area contributed by atoms with Crippen molar-refractivity contribution >= 4 is 53.8 Å². The highest BCUT2D eigenvalue weighted by Crippen LogP contribution is 2.44. The molecule has 5 nitrogen and oxygen atoms in total. The maximum Gasteiger partial charge on any atom is 0.174 e. The molecule has 0 bridgehead atoms. The van der Waals surface area contributed by atoms with Crippen molar-refractivity contribution < 1.29 is 26.8 Å². The Morgan fingerprint density at radius 3 is 2.21 bits per heavy atom. The molecule has 2 aliphatic rings. The minimum absolute atomic E-state index is 0.0529. The SMILES string of the molecule is CC1=C(S(C)(=O)=O)C(c2ccc(F)c(Br)c2)C2=C(CCCC2=O)N1.O=Cc1ccc(F)c(Br)c1. The summed E-state index contributed by atoms with van der Waals surface area (Å²) < 4.78 is 51.4. The molecular formula is C24H21Br2F2NO4S. The zero-order valence-electron chi connectivity index (χ0n) is 18.3. The third-order valence-electron chi connectivity index (χ3n) is 5.47. The Balaban J connectivity index is 0.000000271. The molecule has 180 valence electrons. The zero-order chi connectivity index (χ0) is 25.2. The van der Waals surface area contributed by atoms with Crippen LogP contribution in [0, 0.1) is 11.6 Å². The Kier molecular flexibility index (Phi) is 8.26. The second-order valence-corrected chi connectivity index (χ2v) is 11.6. The van der Waals surface area contributed by atoms with E-state index in [0.29, 0.717) is 46.0 Å². The lowest BCUT2D eigenvalue weighted by atomic mass is 9.79. The zero-order valence-corrected chi connectivity index (χ0v) is 22.3. The first kappa shape index (κ1) is 26.4. The number of allylic oxidation sites excluding steroid dienone is 4. The molecule has 1 N–H and O–H groups in total. The number of rotatable bonds is 3. The molecule has 10 heteroatoms. The maximum absolute atomic E-state index is 13.6. The quantitative estimate of drug-likeness (QED) is 0.431. The Morgan fingerprint density at radius 2 is 1.65 bits per heavy atom. The summed E-state index contributed by atoms with van der Waals surface area (Å²) in [5.74, 6) is -1.53. The first-order valence-electron chi connectivity index (χ1n) is 10.2. The second kappa shape index (κ2) is 10.6. The first-order chi connectivity index (χ1) is 15.9. The summed E-state index contributed by atoms with van der Waals surface area (Å²) in [5.41, 5.74) is 2.85. The molecule has 1 heterocycles. The standard InChI is InChI=1S/C17H17BrFNO3S.C7H4BrFO/c1-9-17(24(2,22)23)15(10-6-7-12(19)11(18)8-10)16-13(20-9)4-3-5-14(16)21;8-6-3-5(4-10)1-2-7(6)9/h6-8,15,20H,3-5H2,1-2H3;1-4H. The fraction of sp³-hybridized carbons (Fsp3) is 0.250. The van der Waals surface area contributed by atoms with Crippen LogP contribution in [-0.2, 0) is 14.6 Å². The van der Waals surface area contributed by atoms with Gasteiger partial charge in [-0.3, -0.25) is 9.59 Å². The molecule has 2 aromatic rings. The predicted molar refractivity (Wildman–Crippen MR) is 133 cm³/mol. The molecule has 34 heavy (non-hydrogen) atoms. The summed E-state index contributed by atoms with van der Waals surface area (Å²) in [4.78, 5) is 22.8. The number of Topliss-reactive ketones (excluding diaryl/α,β-unsaturated/α-hetero) is 1. The van der Waals surface area contributed by atoms with Gasteiger partial charge < -0.3 is 5.32 Å². The number of nitrogens with one attached hydrogen (secondary N) is 1. The lowest BCUT2D eigenvalue weighted by Crippen LogP contribution is -2.33. The van der Waals surface area contributed by atoms with E-state index >= 15 is 0 Å². The fourth-order valence-corrected chi connectivity index (χ4v) is 6.13. The normalized spacial score (nSPS) is 18.1. The molecule has 1 unspecified atom stereocenters. The van der Waals surface area contributed by atoms with Gasteiger partial charge in [-0.2, -0.15) is 0 Å². The highest BCUT2D eigenvalue weighted by Gasteiger charge is 2.39. The topological polar surface area (TPSA) is 80.3 Å². The summed E-state index contributed by atoms with van der Waals surface area (Å²) in [6, 6.07) is 8.48. The van der Waals surface area contributed by atoms with Gasteiger partial charge in [0.25, 0.3) is 0 Å². The van der Waals surface area contributed by atoms with Gasteiger partial charge in [-0.15, -0.1) is 0 Å². The average molecular weight is 617 g/mol. The lowest BCUT2D eigenvalue weighted by Gasteiger charge is -2.34. The minimum Gasteiger partial charge on any atom is -0.361 e. The first-order valence-corrected chi connectivity index (χ1v) is 13.7. The largest absolute Gasteiger partial charge is 0.361 e. The Bertz CT molecular complexity index is 1340. The van der Waals surface area contributed by atoms with Crippen molar-refractivity contribution in [1.29, 1.82) is 0 Å².